The number of imide groups is 1. The molecule has 8 aliphatic rings. The number of hydrazone groups is 1. The predicted octanol–water partition coefficient (Wildman–Crippen LogP) is 2.94. The van der Waals surface area contributed by atoms with Crippen LogP contribution in [0.15, 0.2) is 87.9 Å². The maximum Gasteiger partial charge on any atom is 0.320 e. The van der Waals surface area contributed by atoms with Crippen molar-refractivity contribution in [3.05, 3.63) is 89.5 Å². The number of carbonyl (C=O) groups excluding carboxylic acids is 4. The van der Waals surface area contributed by atoms with Crippen LogP contribution in [0, 0.1) is 17.8 Å². The molecule has 3 aromatic carbocycles. The van der Waals surface area contributed by atoms with Crippen LogP contribution in [-0.2, 0) is 16.1 Å². The number of hydrogen-bond donors (Lipinski definition) is 2. The molecule has 3 unspecified atom stereocenters. The van der Waals surface area contributed by atoms with Gasteiger partial charge in [-0.25, -0.2) is 14.8 Å². The molecule has 0 aromatic heterocycles. The fourth-order valence-corrected chi connectivity index (χ4v) is 10.4. The molecule has 4 atom stereocenters. The van der Waals surface area contributed by atoms with Crippen LogP contribution in [0.4, 0.5) is 10.5 Å². The minimum atomic E-state index is -0.614. The number of ether oxygens (including phenoxy) is 1. The smallest absolute Gasteiger partial charge is 0.320 e. The van der Waals surface area contributed by atoms with Crippen molar-refractivity contribution < 1.29 is 23.9 Å². The Hall–Kier alpha value is -6.29. The van der Waals surface area contributed by atoms with E-state index < -0.39 is 11.9 Å². The molecule has 61 heavy (non-hydrogen) atoms. The third-order valence-corrected chi connectivity index (χ3v) is 14.0. The molecule has 5 saturated heterocycles. The molecule has 16 nitrogen and oxygen atoms in total. The van der Waals surface area contributed by atoms with Crippen molar-refractivity contribution in [1.82, 2.24) is 29.9 Å². The Labute approximate surface area is 353 Å². The van der Waals surface area contributed by atoms with E-state index in [9.17, 15) is 19.2 Å². The van der Waals surface area contributed by atoms with Crippen molar-refractivity contribution in [2.24, 2.45) is 38.6 Å². The lowest BCUT2D eigenvalue weighted by molar-refractivity contribution is -0.136. The van der Waals surface area contributed by atoms with Crippen LogP contribution >= 0.6 is 0 Å². The van der Waals surface area contributed by atoms with Gasteiger partial charge in [0.1, 0.15) is 35.6 Å². The molecule has 0 aliphatic carbocycles. The molecule has 0 radical (unpaired) electrons. The number of benzene rings is 3. The molecule has 3 N–H and O–H groups in total. The topological polar surface area (TPSA) is 172 Å². The number of amides is 5. The fourth-order valence-electron chi connectivity index (χ4n) is 10.4. The quantitative estimate of drug-likeness (QED) is 0.324. The van der Waals surface area contributed by atoms with Gasteiger partial charge in [-0.1, -0.05) is 18.2 Å². The molecule has 16 heteroatoms. The highest BCUT2D eigenvalue weighted by molar-refractivity contribution is 6.17. The normalized spacial score (nSPS) is 26.9. The van der Waals surface area contributed by atoms with Crippen molar-refractivity contribution in [3.63, 3.8) is 0 Å². The number of para-hydroxylation sites is 1. The number of amidine groups is 1. The van der Waals surface area contributed by atoms with E-state index in [0.29, 0.717) is 42.2 Å². The van der Waals surface area contributed by atoms with Crippen molar-refractivity contribution in [2.45, 2.75) is 56.5 Å². The molecule has 8 heterocycles. The first-order valence-electron chi connectivity index (χ1n) is 21.6. The number of piperidine rings is 2. The summed E-state index contributed by atoms with van der Waals surface area (Å²) in [6.07, 6.45) is 3.97. The molecule has 0 saturated carbocycles. The number of rotatable bonds is 8. The third kappa shape index (κ3) is 6.76. The number of urea groups is 1. The average Bonchev–Trinajstić information content (AvgIpc) is 3.77. The second-order valence-corrected chi connectivity index (χ2v) is 17.7. The zero-order valence-corrected chi connectivity index (χ0v) is 33.9. The Morgan fingerprint density at radius 1 is 0.820 bits per heavy atom. The largest absolute Gasteiger partial charge is 0.457 e. The van der Waals surface area contributed by atoms with Crippen molar-refractivity contribution in [1.29, 1.82) is 0 Å². The molecule has 11 rings (SSSR count). The van der Waals surface area contributed by atoms with E-state index >= 15 is 0 Å². The van der Waals surface area contributed by atoms with E-state index in [1.807, 2.05) is 76.5 Å². The minimum absolute atomic E-state index is 0.143. The van der Waals surface area contributed by atoms with E-state index in [0.717, 1.165) is 99.2 Å². The number of likely N-dealkylation sites (tertiary alicyclic amines) is 3. The van der Waals surface area contributed by atoms with E-state index in [1.165, 1.54) is 0 Å². The van der Waals surface area contributed by atoms with Crippen LogP contribution in [0.2, 0.25) is 0 Å². The molecule has 5 amide bonds. The second kappa shape index (κ2) is 15.0. The summed E-state index contributed by atoms with van der Waals surface area (Å²) < 4.78 is 6.03. The van der Waals surface area contributed by atoms with Crippen LogP contribution in [0.1, 0.15) is 47.2 Å². The lowest BCUT2D eigenvalue weighted by atomic mass is 9.80. The number of fused-ring (bicyclic) bond motifs is 2. The molecule has 314 valence electrons. The van der Waals surface area contributed by atoms with Gasteiger partial charge in [0.05, 0.1) is 11.8 Å². The molecular formula is C45H49N11O5. The Kier molecular flexibility index (Phi) is 9.27. The lowest BCUT2D eigenvalue weighted by Gasteiger charge is -2.54. The maximum atomic E-state index is 13.5. The van der Waals surface area contributed by atoms with Crippen LogP contribution in [0.3, 0.4) is 0 Å². The highest BCUT2D eigenvalue weighted by Gasteiger charge is 2.48. The molecule has 0 bridgehead atoms. The summed E-state index contributed by atoms with van der Waals surface area (Å²) in [5.41, 5.74) is 11.0. The van der Waals surface area contributed by atoms with Crippen molar-refractivity contribution in [2.75, 3.05) is 57.3 Å². The zero-order valence-electron chi connectivity index (χ0n) is 33.9. The van der Waals surface area contributed by atoms with Gasteiger partial charge in [0, 0.05) is 87.9 Å². The molecular weight excluding hydrogens is 775 g/mol. The van der Waals surface area contributed by atoms with E-state index in [1.54, 1.807) is 11.2 Å². The molecule has 0 spiro atoms. The SMILES string of the molecule is NC1=NC=NC2C1C(c1ccc(Oc3ccccc3)cc1)=NN2[C@@H]1CCCN(C2CN(C(=O)N3CC(C4CN(c5ccc6c(c5)CN(C5CCC(=O)NC5=O)C6=O)C4)C3)C2)C1. The van der Waals surface area contributed by atoms with Gasteiger partial charge < -0.3 is 30.1 Å². The van der Waals surface area contributed by atoms with Crippen molar-refractivity contribution in [3.8, 4) is 11.5 Å². The summed E-state index contributed by atoms with van der Waals surface area (Å²) in [6.45, 7) is 7.12. The van der Waals surface area contributed by atoms with E-state index in [-0.39, 0.29) is 42.4 Å². The number of nitrogens with one attached hydrogen (secondary N) is 1. The monoisotopic (exact) mass is 823 g/mol. The summed E-state index contributed by atoms with van der Waals surface area (Å²) in [6, 6.07) is 23.6. The lowest BCUT2D eigenvalue weighted by Crippen LogP contribution is -2.69. The number of carbonyl (C=O) groups is 4. The minimum Gasteiger partial charge on any atom is -0.457 e. The number of hydrogen-bond acceptors (Lipinski definition) is 12. The molecule has 3 aromatic rings. The molecule has 8 aliphatic heterocycles. The zero-order chi connectivity index (χ0) is 41.4. The van der Waals surface area contributed by atoms with Gasteiger partial charge in [-0.15, -0.1) is 0 Å². The van der Waals surface area contributed by atoms with Crippen LogP contribution in [0.5, 0.6) is 11.5 Å². The van der Waals surface area contributed by atoms with Crippen molar-refractivity contribution >= 4 is 47.3 Å². The Morgan fingerprint density at radius 2 is 1.57 bits per heavy atom. The first kappa shape index (κ1) is 37.7. The van der Waals surface area contributed by atoms with Gasteiger partial charge in [0.15, 0.2) is 6.17 Å². The van der Waals surface area contributed by atoms with E-state index in [4.69, 9.17) is 20.6 Å². The maximum absolute atomic E-state index is 13.5. The number of anilines is 1. The third-order valence-electron chi connectivity index (χ3n) is 14.0. The van der Waals surface area contributed by atoms with Crippen LogP contribution < -0.4 is 20.7 Å². The summed E-state index contributed by atoms with van der Waals surface area (Å²) in [4.78, 5) is 70.4. The summed E-state index contributed by atoms with van der Waals surface area (Å²) in [5.74, 6) is 1.99. The number of nitrogens with zero attached hydrogens (tertiary/aromatic N) is 9. The van der Waals surface area contributed by atoms with E-state index in [2.05, 4.69) is 31.2 Å². The summed E-state index contributed by atoms with van der Waals surface area (Å²) >= 11 is 0. The van der Waals surface area contributed by atoms with Gasteiger partial charge in [0.25, 0.3) is 5.91 Å². The fraction of sp³-hybridized carbons (Fsp3) is 0.444. The first-order chi connectivity index (χ1) is 29.7. The summed E-state index contributed by atoms with van der Waals surface area (Å²) in [5, 5.41) is 9.73. The second-order valence-electron chi connectivity index (χ2n) is 17.7. The summed E-state index contributed by atoms with van der Waals surface area (Å²) in [7, 11) is 0. The number of aliphatic imine (C=N–C) groups is 2. The Bertz CT molecular complexity index is 2350. The van der Waals surface area contributed by atoms with Gasteiger partial charge in [-0.05, 0) is 91.5 Å². The number of nitrogens with two attached hydrogens (primary N) is 1. The van der Waals surface area contributed by atoms with Gasteiger partial charge in [-0.2, -0.15) is 5.10 Å². The molecule has 5 fully saturated rings. The van der Waals surface area contributed by atoms with Crippen LogP contribution in [-0.4, -0.2) is 143 Å². The van der Waals surface area contributed by atoms with Gasteiger partial charge >= 0.3 is 6.03 Å². The highest BCUT2D eigenvalue weighted by Crippen LogP contribution is 2.39. The Balaban J connectivity index is 0.655. The van der Waals surface area contributed by atoms with Crippen LogP contribution in [0.25, 0.3) is 0 Å². The predicted molar refractivity (Wildman–Crippen MR) is 227 cm³/mol. The highest BCUT2D eigenvalue weighted by atomic mass is 16.5. The standard InChI is InChI=1S/C45H49N11O5/c46-41-39-40(27-8-11-35(12-9-27)61-34-6-2-1-3-7-34)50-56(42(39)48-26-47-41)32-5-4-16-51(23-32)33-24-54(25-33)45(60)53-20-30(21-53)29-18-52(19-29)31-10-13-36-28(17-31)22-55(44(36)59)37-14-15-38(57)49-43(37)58/h1-3,6-13,17,26,29-30,32-33,37,39,42H,4-5,14-16,18-25H2,(H2,46,47,48)(H,49,57,58)/t32-,37?,39?,42?/m1/s1. The average molecular weight is 824 g/mol. The first-order valence-corrected chi connectivity index (χ1v) is 21.6. The van der Waals surface area contributed by atoms with Gasteiger partial charge in [-0.3, -0.25) is 29.6 Å². The Morgan fingerprint density at radius 3 is 2.36 bits per heavy atom. The van der Waals surface area contributed by atoms with Gasteiger partial charge in [0.2, 0.25) is 11.8 Å².